The van der Waals surface area contributed by atoms with Crippen molar-refractivity contribution in [2.24, 2.45) is 4.99 Å². The number of allylic oxidation sites excluding steroid dienone is 3. The van der Waals surface area contributed by atoms with Gasteiger partial charge in [-0.3, -0.25) is 0 Å². The Hall–Kier alpha value is -1.92. The molecule has 1 aromatic carbocycles. The van der Waals surface area contributed by atoms with Crippen LogP contribution >= 0.6 is 0 Å². The average Bonchev–Trinajstić information content (AvgIpc) is 2.58. The number of hydrogen-bond donors (Lipinski definition) is 2. The van der Waals surface area contributed by atoms with Gasteiger partial charge >= 0.3 is 0 Å². The summed E-state index contributed by atoms with van der Waals surface area (Å²) in [7, 11) is -3.57. The van der Waals surface area contributed by atoms with Crippen LogP contribution in [0.4, 0.5) is 5.69 Å². The summed E-state index contributed by atoms with van der Waals surface area (Å²) in [6.07, 6.45) is 4.98. The van der Waals surface area contributed by atoms with Crippen molar-refractivity contribution in [3.63, 3.8) is 0 Å². The van der Waals surface area contributed by atoms with Gasteiger partial charge in [0.25, 0.3) is 0 Å². The monoisotopic (exact) mass is 347 g/mol. The molecule has 0 unspecified atom stereocenters. The molecular formula is C18H25N3O2S. The molecule has 0 amide bonds. The molecule has 0 saturated heterocycles. The second-order valence-electron chi connectivity index (χ2n) is 6.94. The molecule has 0 fully saturated rings. The second kappa shape index (κ2) is 6.91. The first-order chi connectivity index (χ1) is 11.1. The average molecular weight is 347 g/mol. The summed E-state index contributed by atoms with van der Waals surface area (Å²) >= 11 is 0. The first-order valence-corrected chi connectivity index (χ1v) is 9.39. The molecular weight excluding hydrogens is 322 g/mol. The summed E-state index contributed by atoms with van der Waals surface area (Å²) in [6.45, 7) is 9.38. The first kappa shape index (κ1) is 18.4. The van der Waals surface area contributed by atoms with E-state index >= 15 is 0 Å². The van der Waals surface area contributed by atoms with Crippen molar-refractivity contribution in [2.45, 2.75) is 51.5 Å². The van der Waals surface area contributed by atoms with Crippen LogP contribution in [0.2, 0.25) is 0 Å². The number of rotatable bonds is 3. The molecule has 1 aromatic rings. The van der Waals surface area contributed by atoms with Crippen molar-refractivity contribution in [2.75, 3.05) is 5.32 Å². The van der Waals surface area contributed by atoms with Gasteiger partial charge < -0.3 is 5.32 Å². The van der Waals surface area contributed by atoms with Crippen molar-refractivity contribution < 1.29 is 8.42 Å². The first-order valence-electron chi connectivity index (χ1n) is 7.90. The molecule has 0 saturated carbocycles. The van der Waals surface area contributed by atoms with Gasteiger partial charge in [0.05, 0.1) is 4.90 Å². The molecule has 1 aliphatic heterocycles. The zero-order chi connectivity index (χ0) is 18.0. The molecule has 0 radical (unpaired) electrons. The maximum atomic E-state index is 12.5. The standard InChI is InChI=1S/C18H25N3O2S/c1-13-8-6-9-14(2)19-17(13)20-15-10-7-11-16(12-15)24(22,23)21-18(3,4)5/h7-12,21H,6H2,1-5H3,(H,19,20). The molecule has 1 aliphatic rings. The molecule has 0 atom stereocenters. The highest BCUT2D eigenvalue weighted by Gasteiger charge is 2.22. The summed E-state index contributed by atoms with van der Waals surface area (Å²) in [6, 6.07) is 6.75. The van der Waals surface area contributed by atoms with Gasteiger partial charge in [-0.15, -0.1) is 0 Å². The highest BCUT2D eigenvalue weighted by atomic mass is 32.2. The molecule has 5 nitrogen and oxygen atoms in total. The SMILES string of the molecule is CC1=CCC=C(C)C(Nc2cccc(S(=O)(=O)NC(C)(C)C)c2)=N1. The number of sulfonamides is 1. The normalized spacial score (nSPS) is 16.0. The molecule has 2 N–H and O–H groups in total. The molecule has 2 rings (SSSR count). The van der Waals surface area contributed by atoms with Crippen LogP contribution < -0.4 is 10.0 Å². The molecule has 0 bridgehead atoms. The van der Waals surface area contributed by atoms with Gasteiger partial charge in [-0.25, -0.2) is 18.1 Å². The highest BCUT2D eigenvalue weighted by molar-refractivity contribution is 7.89. The van der Waals surface area contributed by atoms with E-state index in [0.29, 0.717) is 5.69 Å². The zero-order valence-electron chi connectivity index (χ0n) is 14.8. The van der Waals surface area contributed by atoms with E-state index in [1.54, 1.807) is 18.2 Å². The van der Waals surface area contributed by atoms with Crippen LogP contribution in [0.5, 0.6) is 0 Å². The summed E-state index contributed by atoms with van der Waals surface area (Å²) in [5.41, 5.74) is 2.12. The number of anilines is 1. The van der Waals surface area contributed by atoms with Crippen molar-refractivity contribution in [1.29, 1.82) is 0 Å². The van der Waals surface area contributed by atoms with Gasteiger partial charge in [0.15, 0.2) is 0 Å². The minimum Gasteiger partial charge on any atom is -0.340 e. The number of aliphatic imine (C=N–C) groups is 1. The van der Waals surface area contributed by atoms with Crippen LogP contribution in [0.3, 0.4) is 0 Å². The fourth-order valence-corrected chi connectivity index (χ4v) is 3.74. The van der Waals surface area contributed by atoms with Crippen LogP contribution in [0, 0.1) is 0 Å². The van der Waals surface area contributed by atoms with E-state index in [2.05, 4.69) is 21.1 Å². The smallest absolute Gasteiger partial charge is 0.241 e. The van der Waals surface area contributed by atoms with Crippen LogP contribution in [0.1, 0.15) is 41.0 Å². The fraction of sp³-hybridized carbons (Fsp3) is 0.389. The quantitative estimate of drug-likeness (QED) is 0.873. The highest BCUT2D eigenvalue weighted by Crippen LogP contribution is 2.19. The molecule has 0 aromatic heterocycles. The number of amidine groups is 1. The van der Waals surface area contributed by atoms with E-state index in [9.17, 15) is 8.42 Å². The Bertz CT molecular complexity index is 813. The molecule has 6 heteroatoms. The third-order valence-electron chi connectivity index (χ3n) is 3.35. The van der Waals surface area contributed by atoms with Gasteiger partial charge in [-0.05, 0) is 64.8 Å². The lowest BCUT2D eigenvalue weighted by Crippen LogP contribution is -2.40. The predicted molar refractivity (Wildman–Crippen MR) is 99.7 cm³/mol. The minimum atomic E-state index is -3.57. The minimum absolute atomic E-state index is 0.227. The Morgan fingerprint density at radius 2 is 1.83 bits per heavy atom. The Morgan fingerprint density at radius 1 is 1.12 bits per heavy atom. The molecule has 0 aliphatic carbocycles. The van der Waals surface area contributed by atoms with Crippen molar-refractivity contribution in [1.82, 2.24) is 4.72 Å². The van der Waals surface area contributed by atoms with Gasteiger partial charge in [0, 0.05) is 16.9 Å². The van der Waals surface area contributed by atoms with E-state index in [1.165, 1.54) is 0 Å². The summed E-state index contributed by atoms with van der Waals surface area (Å²) < 4.78 is 27.6. The zero-order valence-corrected chi connectivity index (χ0v) is 15.7. The summed E-state index contributed by atoms with van der Waals surface area (Å²) in [5, 5.41) is 3.23. The lowest BCUT2D eigenvalue weighted by Gasteiger charge is -2.20. The van der Waals surface area contributed by atoms with Crippen LogP contribution in [0.25, 0.3) is 0 Å². The largest absolute Gasteiger partial charge is 0.340 e. The Balaban J connectivity index is 2.30. The number of benzene rings is 1. The van der Waals surface area contributed by atoms with Gasteiger partial charge in [-0.2, -0.15) is 0 Å². The maximum absolute atomic E-state index is 12.5. The molecule has 24 heavy (non-hydrogen) atoms. The van der Waals surface area contributed by atoms with E-state index in [1.807, 2.05) is 46.8 Å². The van der Waals surface area contributed by atoms with Gasteiger partial charge in [0.1, 0.15) is 5.84 Å². The molecule has 1 heterocycles. The molecule has 130 valence electrons. The van der Waals surface area contributed by atoms with Crippen molar-refractivity contribution >= 4 is 21.5 Å². The van der Waals surface area contributed by atoms with E-state index in [-0.39, 0.29) is 4.90 Å². The summed E-state index contributed by atoms with van der Waals surface area (Å²) in [4.78, 5) is 4.76. The van der Waals surface area contributed by atoms with Crippen molar-refractivity contribution in [3.05, 3.63) is 47.7 Å². The second-order valence-corrected chi connectivity index (χ2v) is 8.62. The number of hydrogen-bond acceptors (Lipinski definition) is 4. The van der Waals surface area contributed by atoms with E-state index < -0.39 is 15.6 Å². The third-order valence-corrected chi connectivity index (χ3v) is 5.10. The lowest BCUT2D eigenvalue weighted by molar-refractivity contribution is 0.491. The van der Waals surface area contributed by atoms with E-state index in [4.69, 9.17) is 0 Å². The Labute approximate surface area is 144 Å². The van der Waals surface area contributed by atoms with E-state index in [0.717, 1.165) is 23.5 Å². The lowest BCUT2D eigenvalue weighted by atomic mass is 10.1. The summed E-state index contributed by atoms with van der Waals surface area (Å²) in [5.74, 6) is 0.736. The topological polar surface area (TPSA) is 70.6 Å². The Morgan fingerprint density at radius 3 is 2.50 bits per heavy atom. The van der Waals surface area contributed by atoms with Crippen LogP contribution in [-0.4, -0.2) is 19.8 Å². The van der Waals surface area contributed by atoms with Crippen LogP contribution in [-0.2, 0) is 10.0 Å². The van der Waals surface area contributed by atoms with Crippen LogP contribution in [0.15, 0.2) is 57.6 Å². The maximum Gasteiger partial charge on any atom is 0.241 e. The number of nitrogens with one attached hydrogen (secondary N) is 2. The Kier molecular flexibility index (Phi) is 5.30. The molecule has 0 spiro atoms. The predicted octanol–water partition coefficient (Wildman–Crippen LogP) is 3.83. The third kappa shape index (κ3) is 5.04. The van der Waals surface area contributed by atoms with Crippen molar-refractivity contribution in [3.8, 4) is 0 Å². The van der Waals surface area contributed by atoms with Gasteiger partial charge in [-0.1, -0.05) is 18.2 Å². The fourth-order valence-electron chi connectivity index (χ4n) is 2.28. The van der Waals surface area contributed by atoms with Gasteiger partial charge in [0.2, 0.25) is 10.0 Å². The number of nitrogens with zero attached hydrogens (tertiary/aromatic N) is 1.